The zero-order valence-electron chi connectivity index (χ0n) is 11.0. The molecule has 0 saturated heterocycles. The van der Waals surface area contributed by atoms with Crippen molar-refractivity contribution in [2.75, 3.05) is 0 Å². The SMILES string of the molecule is CC(C)CC(NC(Cc1c[nH]cn1)C(=O)O)C(=O)O. The number of nitrogens with zero attached hydrogens (tertiary/aromatic N) is 1. The molecule has 0 aliphatic rings. The van der Waals surface area contributed by atoms with Crippen LogP contribution in [0, 0.1) is 5.92 Å². The lowest BCUT2D eigenvalue weighted by molar-refractivity contribution is -0.142. The number of aromatic amines is 1. The average molecular weight is 269 g/mol. The average Bonchev–Trinajstić information content (AvgIpc) is 2.78. The van der Waals surface area contributed by atoms with Crippen molar-refractivity contribution in [3.05, 3.63) is 18.2 Å². The number of hydrogen-bond donors (Lipinski definition) is 4. The van der Waals surface area contributed by atoms with Crippen molar-refractivity contribution >= 4 is 11.9 Å². The van der Waals surface area contributed by atoms with E-state index in [0.29, 0.717) is 12.1 Å². The molecule has 0 aromatic carbocycles. The van der Waals surface area contributed by atoms with Gasteiger partial charge >= 0.3 is 11.9 Å². The van der Waals surface area contributed by atoms with Gasteiger partial charge in [-0.15, -0.1) is 0 Å². The molecule has 4 N–H and O–H groups in total. The number of aromatic nitrogens is 2. The first-order valence-electron chi connectivity index (χ1n) is 6.09. The lowest BCUT2D eigenvalue weighted by atomic mass is 10.0. The van der Waals surface area contributed by atoms with E-state index in [1.54, 1.807) is 6.20 Å². The van der Waals surface area contributed by atoms with Crippen LogP contribution in [0.2, 0.25) is 0 Å². The molecule has 0 aliphatic carbocycles. The van der Waals surface area contributed by atoms with Crippen molar-refractivity contribution in [2.45, 2.75) is 38.8 Å². The van der Waals surface area contributed by atoms with Gasteiger partial charge in [0.15, 0.2) is 0 Å². The topological polar surface area (TPSA) is 115 Å². The Hall–Kier alpha value is -1.89. The summed E-state index contributed by atoms with van der Waals surface area (Å²) in [6, 6.07) is -1.84. The second-order valence-electron chi connectivity index (χ2n) is 4.84. The molecular formula is C12H19N3O4. The number of carbonyl (C=O) groups is 2. The number of imidazole rings is 1. The highest BCUT2D eigenvalue weighted by molar-refractivity contribution is 5.77. The number of nitrogens with one attached hydrogen (secondary N) is 2. The van der Waals surface area contributed by atoms with Crippen LogP contribution in [0.15, 0.2) is 12.5 Å². The van der Waals surface area contributed by atoms with Crippen LogP contribution in [-0.4, -0.2) is 44.2 Å². The van der Waals surface area contributed by atoms with Crippen LogP contribution < -0.4 is 5.32 Å². The van der Waals surface area contributed by atoms with Gasteiger partial charge in [-0.25, -0.2) is 4.98 Å². The number of hydrogen-bond acceptors (Lipinski definition) is 4. The third-order valence-corrected chi connectivity index (χ3v) is 2.67. The smallest absolute Gasteiger partial charge is 0.321 e. The second-order valence-corrected chi connectivity index (χ2v) is 4.84. The van der Waals surface area contributed by atoms with Crippen molar-refractivity contribution < 1.29 is 19.8 Å². The maximum absolute atomic E-state index is 11.2. The predicted octanol–water partition coefficient (Wildman–Crippen LogP) is 0.494. The fourth-order valence-electron chi connectivity index (χ4n) is 1.78. The summed E-state index contributed by atoms with van der Waals surface area (Å²) >= 11 is 0. The first-order valence-corrected chi connectivity index (χ1v) is 6.09. The first-order chi connectivity index (χ1) is 8.90. The largest absolute Gasteiger partial charge is 0.480 e. The summed E-state index contributed by atoms with van der Waals surface area (Å²) in [6.45, 7) is 3.78. The molecule has 1 heterocycles. The standard InChI is InChI=1S/C12H19N3O4/c1-7(2)3-9(11(16)17)15-10(12(18)19)4-8-5-13-6-14-8/h5-7,9-10,15H,3-4H2,1-2H3,(H,13,14)(H,16,17)(H,18,19). The Morgan fingerprint density at radius 3 is 2.37 bits per heavy atom. The van der Waals surface area contributed by atoms with E-state index in [9.17, 15) is 9.59 Å². The van der Waals surface area contributed by atoms with Crippen molar-refractivity contribution in [3.63, 3.8) is 0 Å². The highest BCUT2D eigenvalue weighted by Gasteiger charge is 2.27. The Labute approximate surface area is 111 Å². The summed E-state index contributed by atoms with van der Waals surface area (Å²) in [5.74, 6) is -1.96. The minimum atomic E-state index is -1.09. The first kappa shape index (κ1) is 15.2. The molecular weight excluding hydrogens is 250 g/mol. The fourth-order valence-corrected chi connectivity index (χ4v) is 1.78. The summed E-state index contributed by atoms with van der Waals surface area (Å²) in [7, 11) is 0. The number of H-pyrrole nitrogens is 1. The van der Waals surface area contributed by atoms with E-state index in [1.165, 1.54) is 6.33 Å². The zero-order valence-corrected chi connectivity index (χ0v) is 11.0. The molecule has 2 atom stereocenters. The quantitative estimate of drug-likeness (QED) is 0.546. The minimum Gasteiger partial charge on any atom is -0.480 e. The molecule has 0 saturated carbocycles. The predicted molar refractivity (Wildman–Crippen MR) is 67.7 cm³/mol. The van der Waals surface area contributed by atoms with Crippen LogP contribution in [0.3, 0.4) is 0 Å². The molecule has 1 aromatic rings. The summed E-state index contributed by atoms with van der Waals surface area (Å²) < 4.78 is 0. The van der Waals surface area contributed by atoms with Crippen molar-refractivity contribution in [1.82, 2.24) is 15.3 Å². The Kier molecular flexibility index (Phi) is 5.50. The Morgan fingerprint density at radius 1 is 1.32 bits per heavy atom. The molecule has 0 spiro atoms. The molecule has 0 amide bonds. The third kappa shape index (κ3) is 5.09. The van der Waals surface area contributed by atoms with Gasteiger partial charge in [0.05, 0.1) is 12.0 Å². The van der Waals surface area contributed by atoms with Crippen molar-refractivity contribution in [2.24, 2.45) is 5.92 Å². The van der Waals surface area contributed by atoms with Crippen molar-refractivity contribution in [3.8, 4) is 0 Å². The Morgan fingerprint density at radius 2 is 1.95 bits per heavy atom. The van der Waals surface area contributed by atoms with Crippen molar-refractivity contribution in [1.29, 1.82) is 0 Å². The monoisotopic (exact) mass is 269 g/mol. The van der Waals surface area contributed by atoms with Crippen LogP contribution >= 0.6 is 0 Å². The molecule has 0 radical (unpaired) electrons. The van der Waals surface area contributed by atoms with E-state index in [0.717, 1.165) is 0 Å². The molecule has 7 heteroatoms. The Bertz CT molecular complexity index is 417. The molecule has 19 heavy (non-hydrogen) atoms. The van der Waals surface area contributed by atoms with E-state index in [4.69, 9.17) is 10.2 Å². The number of carboxylic acid groups (broad SMARTS) is 2. The zero-order chi connectivity index (χ0) is 14.4. The number of carboxylic acids is 2. The second kappa shape index (κ2) is 6.89. The summed E-state index contributed by atoms with van der Waals surface area (Å²) in [5, 5.41) is 20.9. The molecule has 106 valence electrons. The summed E-state index contributed by atoms with van der Waals surface area (Å²) in [5.41, 5.74) is 0.577. The van der Waals surface area contributed by atoms with Gasteiger partial charge in [-0.1, -0.05) is 13.8 Å². The lowest BCUT2D eigenvalue weighted by Crippen LogP contribution is -2.48. The highest BCUT2D eigenvalue weighted by Crippen LogP contribution is 2.08. The van der Waals surface area contributed by atoms with Gasteiger partial charge in [0, 0.05) is 12.6 Å². The highest BCUT2D eigenvalue weighted by atomic mass is 16.4. The van der Waals surface area contributed by atoms with Crippen LogP contribution in [0.25, 0.3) is 0 Å². The number of aliphatic carboxylic acids is 2. The molecule has 1 rings (SSSR count). The molecule has 7 nitrogen and oxygen atoms in total. The fraction of sp³-hybridized carbons (Fsp3) is 0.583. The van der Waals surface area contributed by atoms with Crippen LogP contribution in [0.5, 0.6) is 0 Å². The molecule has 0 bridgehead atoms. The molecule has 1 aromatic heterocycles. The van der Waals surface area contributed by atoms with Gasteiger partial charge in [-0.3, -0.25) is 14.9 Å². The van der Waals surface area contributed by atoms with E-state index < -0.39 is 24.0 Å². The van der Waals surface area contributed by atoms with Crippen LogP contribution in [-0.2, 0) is 16.0 Å². The lowest BCUT2D eigenvalue weighted by Gasteiger charge is -2.21. The maximum atomic E-state index is 11.2. The van der Waals surface area contributed by atoms with Gasteiger partial charge in [-0.05, 0) is 12.3 Å². The number of rotatable bonds is 8. The summed E-state index contributed by atoms with van der Waals surface area (Å²) in [4.78, 5) is 29.0. The molecule has 0 aliphatic heterocycles. The minimum absolute atomic E-state index is 0.140. The van der Waals surface area contributed by atoms with Gasteiger partial charge in [0.2, 0.25) is 0 Å². The third-order valence-electron chi connectivity index (χ3n) is 2.67. The van der Waals surface area contributed by atoms with E-state index in [2.05, 4.69) is 15.3 Å². The van der Waals surface area contributed by atoms with E-state index in [1.807, 2.05) is 13.8 Å². The molecule has 0 fully saturated rings. The maximum Gasteiger partial charge on any atom is 0.321 e. The van der Waals surface area contributed by atoms with Crippen LogP contribution in [0.1, 0.15) is 26.0 Å². The van der Waals surface area contributed by atoms with Crippen LogP contribution in [0.4, 0.5) is 0 Å². The van der Waals surface area contributed by atoms with Gasteiger partial charge in [0.1, 0.15) is 12.1 Å². The van der Waals surface area contributed by atoms with Gasteiger partial charge in [0.25, 0.3) is 0 Å². The normalized spacial score (nSPS) is 14.3. The molecule has 2 unspecified atom stereocenters. The van der Waals surface area contributed by atoms with E-state index in [-0.39, 0.29) is 12.3 Å². The Balaban J connectivity index is 2.70. The van der Waals surface area contributed by atoms with Gasteiger partial charge in [-0.2, -0.15) is 0 Å². The van der Waals surface area contributed by atoms with E-state index >= 15 is 0 Å². The summed E-state index contributed by atoms with van der Waals surface area (Å²) in [6.07, 6.45) is 3.56. The van der Waals surface area contributed by atoms with Gasteiger partial charge < -0.3 is 15.2 Å².